The van der Waals surface area contributed by atoms with Gasteiger partial charge in [0, 0.05) is 31.5 Å². The zero-order chi connectivity index (χ0) is 28.7. The van der Waals surface area contributed by atoms with E-state index in [1.807, 2.05) is 42.5 Å². The van der Waals surface area contributed by atoms with E-state index < -0.39 is 41.6 Å². The summed E-state index contributed by atoms with van der Waals surface area (Å²) in [6, 6.07) is 11.7. The summed E-state index contributed by atoms with van der Waals surface area (Å²) in [5.41, 5.74) is -0.190. The number of urea groups is 1. The van der Waals surface area contributed by atoms with Crippen LogP contribution in [-0.2, 0) is 16.0 Å². The van der Waals surface area contributed by atoms with Gasteiger partial charge in [-0.05, 0) is 35.2 Å². The standard InChI is InChI=1S/C30H43FN4O4/c1-20(2)16-32-17-25(36)18-33-27(37)26(15-21-10-11-22-8-6-7-9-23(22)14-21)35(28(38)30(3,4)5)29(39)34-13-12-24(31)19-34/h6-11,14,20,24-26,32,36H,12-13,15-19H2,1-5H3,(H,33,37)/t24-,25?,26+/m0/s1. The second-order valence-corrected chi connectivity index (χ2v) is 11.9. The Kier molecular flexibility index (Phi) is 10.4. The van der Waals surface area contributed by atoms with Crippen molar-refractivity contribution < 1.29 is 23.9 Å². The highest BCUT2D eigenvalue weighted by molar-refractivity contribution is 6.02. The molecule has 3 rings (SSSR count). The molecular formula is C30H43FN4O4. The van der Waals surface area contributed by atoms with Gasteiger partial charge in [-0.15, -0.1) is 0 Å². The molecule has 8 nitrogen and oxygen atoms in total. The Morgan fingerprint density at radius 1 is 1.08 bits per heavy atom. The molecule has 3 N–H and O–H groups in total. The Morgan fingerprint density at radius 2 is 1.77 bits per heavy atom. The molecular weight excluding hydrogens is 499 g/mol. The van der Waals surface area contributed by atoms with Crippen molar-refractivity contribution in [3.05, 3.63) is 48.0 Å². The number of aliphatic hydroxyl groups is 1. The third kappa shape index (κ3) is 8.47. The van der Waals surface area contributed by atoms with Crippen molar-refractivity contribution in [2.75, 3.05) is 32.7 Å². The lowest BCUT2D eigenvalue weighted by Gasteiger charge is -2.36. The van der Waals surface area contributed by atoms with Crippen LogP contribution in [0.25, 0.3) is 10.8 Å². The number of carbonyl (C=O) groups is 3. The number of hydrogen-bond acceptors (Lipinski definition) is 5. The number of nitrogens with zero attached hydrogens (tertiary/aromatic N) is 2. The number of imide groups is 1. The zero-order valence-corrected chi connectivity index (χ0v) is 23.7. The van der Waals surface area contributed by atoms with Gasteiger partial charge in [-0.3, -0.25) is 14.5 Å². The molecule has 39 heavy (non-hydrogen) atoms. The SMILES string of the molecule is CC(C)CNCC(O)CNC(=O)[C@@H](Cc1ccc2ccccc2c1)N(C(=O)N1CC[C@H](F)C1)C(=O)C(C)(C)C. The fourth-order valence-corrected chi connectivity index (χ4v) is 4.60. The van der Waals surface area contributed by atoms with Gasteiger partial charge in [0.2, 0.25) is 11.8 Å². The molecule has 2 aromatic carbocycles. The van der Waals surface area contributed by atoms with Crippen molar-refractivity contribution in [2.24, 2.45) is 11.3 Å². The highest BCUT2D eigenvalue weighted by atomic mass is 19.1. The van der Waals surface area contributed by atoms with Gasteiger partial charge >= 0.3 is 6.03 Å². The molecule has 3 atom stereocenters. The van der Waals surface area contributed by atoms with Crippen LogP contribution in [0.3, 0.4) is 0 Å². The van der Waals surface area contributed by atoms with Crippen molar-refractivity contribution in [1.82, 2.24) is 20.4 Å². The second kappa shape index (κ2) is 13.3. The van der Waals surface area contributed by atoms with E-state index in [0.717, 1.165) is 27.8 Å². The quantitative estimate of drug-likeness (QED) is 0.427. The third-order valence-electron chi connectivity index (χ3n) is 6.77. The Labute approximate surface area is 230 Å². The Balaban J connectivity index is 1.91. The minimum atomic E-state index is -1.18. The number of alkyl halides is 1. The fraction of sp³-hybridized carbons (Fsp3) is 0.567. The number of hydrogen-bond donors (Lipinski definition) is 3. The average molecular weight is 543 g/mol. The predicted molar refractivity (Wildman–Crippen MR) is 151 cm³/mol. The number of benzene rings is 2. The lowest BCUT2D eigenvalue weighted by molar-refractivity contribution is -0.143. The molecule has 0 saturated carbocycles. The third-order valence-corrected chi connectivity index (χ3v) is 6.77. The molecule has 2 aromatic rings. The summed E-state index contributed by atoms with van der Waals surface area (Å²) in [6.45, 7) is 10.2. The van der Waals surface area contributed by atoms with Crippen LogP contribution in [0.4, 0.5) is 9.18 Å². The largest absolute Gasteiger partial charge is 0.390 e. The summed E-state index contributed by atoms with van der Waals surface area (Å²) < 4.78 is 14.0. The molecule has 9 heteroatoms. The van der Waals surface area contributed by atoms with Gasteiger partial charge in [0.1, 0.15) is 12.2 Å². The molecule has 214 valence electrons. The van der Waals surface area contributed by atoms with Crippen LogP contribution >= 0.6 is 0 Å². The van der Waals surface area contributed by atoms with E-state index in [4.69, 9.17) is 0 Å². The van der Waals surface area contributed by atoms with Crippen LogP contribution in [0.5, 0.6) is 0 Å². The number of halogens is 1. The van der Waals surface area contributed by atoms with Crippen molar-refractivity contribution in [3.63, 3.8) is 0 Å². The number of rotatable bonds is 10. The first-order chi connectivity index (χ1) is 18.4. The molecule has 1 aliphatic rings. The first-order valence-electron chi connectivity index (χ1n) is 13.8. The highest BCUT2D eigenvalue weighted by Crippen LogP contribution is 2.25. The molecule has 1 aliphatic heterocycles. The average Bonchev–Trinajstić information content (AvgIpc) is 3.32. The van der Waals surface area contributed by atoms with Gasteiger partial charge in [-0.25, -0.2) is 9.18 Å². The molecule has 1 unspecified atom stereocenters. The molecule has 1 saturated heterocycles. The van der Waals surface area contributed by atoms with E-state index in [1.54, 1.807) is 20.8 Å². The van der Waals surface area contributed by atoms with Gasteiger partial charge in [0.05, 0.1) is 12.6 Å². The Hall–Kier alpha value is -3.04. The van der Waals surface area contributed by atoms with Gasteiger partial charge in [-0.1, -0.05) is 77.1 Å². The van der Waals surface area contributed by atoms with Gasteiger partial charge in [-0.2, -0.15) is 0 Å². The van der Waals surface area contributed by atoms with Gasteiger partial charge in [0.25, 0.3) is 0 Å². The summed E-state index contributed by atoms with van der Waals surface area (Å²) in [5.74, 6) is -0.654. The fourth-order valence-electron chi connectivity index (χ4n) is 4.60. The topological polar surface area (TPSA) is 102 Å². The normalized spacial score (nSPS) is 17.3. The molecule has 1 fully saturated rings. The van der Waals surface area contributed by atoms with Gasteiger partial charge < -0.3 is 20.6 Å². The number of nitrogens with one attached hydrogen (secondary N) is 2. The minimum Gasteiger partial charge on any atom is -0.390 e. The summed E-state index contributed by atoms with van der Waals surface area (Å²) >= 11 is 0. The molecule has 4 amide bonds. The first kappa shape index (κ1) is 30.5. The smallest absolute Gasteiger partial charge is 0.327 e. The molecule has 0 aliphatic carbocycles. The van der Waals surface area contributed by atoms with E-state index in [9.17, 15) is 23.9 Å². The molecule has 0 spiro atoms. The van der Waals surface area contributed by atoms with E-state index >= 15 is 0 Å². The number of fused-ring (bicyclic) bond motifs is 1. The van der Waals surface area contributed by atoms with Crippen LogP contribution in [0, 0.1) is 11.3 Å². The number of amides is 4. The van der Waals surface area contributed by atoms with E-state index in [1.165, 1.54) is 4.90 Å². The Morgan fingerprint density at radius 3 is 2.38 bits per heavy atom. The van der Waals surface area contributed by atoms with Gasteiger partial charge in [0.15, 0.2) is 0 Å². The number of likely N-dealkylation sites (tertiary alicyclic amines) is 1. The van der Waals surface area contributed by atoms with Crippen molar-refractivity contribution in [1.29, 1.82) is 0 Å². The maximum atomic E-state index is 14.0. The van der Waals surface area contributed by atoms with Crippen LogP contribution in [0.15, 0.2) is 42.5 Å². The lowest BCUT2D eigenvalue weighted by atomic mass is 9.92. The number of carbonyl (C=O) groups excluding carboxylic acids is 3. The summed E-state index contributed by atoms with van der Waals surface area (Å²) in [7, 11) is 0. The molecule has 1 heterocycles. The van der Waals surface area contributed by atoms with Crippen LogP contribution in [0.1, 0.15) is 46.6 Å². The monoisotopic (exact) mass is 542 g/mol. The summed E-state index contributed by atoms with van der Waals surface area (Å²) in [4.78, 5) is 43.4. The van der Waals surface area contributed by atoms with Crippen LogP contribution in [0.2, 0.25) is 0 Å². The second-order valence-electron chi connectivity index (χ2n) is 11.9. The van der Waals surface area contributed by atoms with E-state index in [-0.39, 0.29) is 32.5 Å². The van der Waals surface area contributed by atoms with Crippen molar-refractivity contribution >= 4 is 28.6 Å². The molecule has 0 aromatic heterocycles. The minimum absolute atomic E-state index is 0.0415. The Bertz CT molecular complexity index is 1150. The lowest BCUT2D eigenvalue weighted by Crippen LogP contribution is -2.59. The summed E-state index contributed by atoms with van der Waals surface area (Å²) in [5, 5.41) is 18.3. The van der Waals surface area contributed by atoms with Crippen molar-refractivity contribution in [2.45, 2.75) is 65.8 Å². The molecule has 0 bridgehead atoms. The summed E-state index contributed by atoms with van der Waals surface area (Å²) in [6.07, 6.45) is -1.73. The van der Waals surface area contributed by atoms with Crippen LogP contribution < -0.4 is 10.6 Å². The maximum Gasteiger partial charge on any atom is 0.327 e. The number of aliphatic hydroxyl groups excluding tert-OH is 1. The van der Waals surface area contributed by atoms with Crippen molar-refractivity contribution in [3.8, 4) is 0 Å². The van der Waals surface area contributed by atoms with E-state index in [0.29, 0.717) is 12.5 Å². The maximum absolute atomic E-state index is 14.0. The molecule has 0 radical (unpaired) electrons. The first-order valence-corrected chi connectivity index (χ1v) is 13.8. The zero-order valence-electron chi connectivity index (χ0n) is 23.7. The highest BCUT2D eigenvalue weighted by Gasteiger charge is 2.43. The van der Waals surface area contributed by atoms with E-state index in [2.05, 4.69) is 24.5 Å². The predicted octanol–water partition coefficient (Wildman–Crippen LogP) is 3.51. The van der Waals surface area contributed by atoms with Crippen LogP contribution in [-0.4, -0.2) is 83.8 Å².